The van der Waals surface area contributed by atoms with Gasteiger partial charge in [0.05, 0.1) is 0 Å². The molecular formula is C4H10O4Ti. The zero-order chi connectivity index (χ0) is 7.11. The first kappa shape index (κ1) is 9.39. The summed E-state index contributed by atoms with van der Waals surface area (Å²) in [5, 5.41) is 0. The van der Waals surface area contributed by atoms with Crippen LogP contribution in [0.5, 0.6) is 0 Å². The van der Waals surface area contributed by atoms with Crippen molar-refractivity contribution in [1.29, 1.82) is 0 Å². The predicted molar refractivity (Wildman–Crippen MR) is 25.2 cm³/mol. The first-order chi connectivity index (χ1) is 4.23. The van der Waals surface area contributed by atoms with Gasteiger partial charge in [0.2, 0.25) is 0 Å². The molecule has 1 fully saturated rings. The van der Waals surface area contributed by atoms with E-state index in [4.69, 9.17) is 15.4 Å². The molecule has 4 nitrogen and oxygen atoms in total. The fourth-order valence-corrected chi connectivity index (χ4v) is 0.510. The van der Waals surface area contributed by atoms with E-state index in [0.29, 0.717) is 0 Å². The third-order valence-electron chi connectivity index (χ3n) is 0.827. The van der Waals surface area contributed by atoms with Crippen molar-refractivity contribution in [3.05, 3.63) is 0 Å². The maximum absolute atomic E-state index is 8.81. The van der Waals surface area contributed by atoms with Crippen LogP contribution < -0.4 is 0 Å². The summed E-state index contributed by atoms with van der Waals surface area (Å²) in [4.78, 5) is 0. The first-order valence-electron chi connectivity index (χ1n) is 2.73. The van der Waals surface area contributed by atoms with Gasteiger partial charge in [0.25, 0.3) is 0 Å². The molecule has 0 saturated carbocycles. The SMILES string of the molecule is C1CCOC1.[O]=[Ti]([OH])[OH]. The van der Waals surface area contributed by atoms with Gasteiger partial charge >= 0.3 is 29.3 Å². The Morgan fingerprint density at radius 1 is 1.22 bits per heavy atom. The monoisotopic (exact) mass is 170 g/mol. The average molecular weight is 170 g/mol. The Balaban J connectivity index is 0.000000148. The van der Waals surface area contributed by atoms with E-state index >= 15 is 0 Å². The summed E-state index contributed by atoms with van der Waals surface area (Å²) in [5.41, 5.74) is 0. The minimum absolute atomic E-state index is 1.00. The molecular weight excluding hydrogens is 160 g/mol. The molecule has 54 valence electrons. The summed E-state index contributed by atoms with van der Waals surface area (Å²) in [7, 11) is 0. The van der Waals surface area contributed by atoms with Gasteiger partial charge in [-0.1, -0.05) is 0 Å². The molecule has 0 aliphatic carbocycles. The molecule has 1 aliphatic heterocycles. The molecule has 1 saturated heterocycles. The van der Waals surface area contributed by atoms with E-state index in [2.05, 4.69) is 0 Å². The fraction of sp³-hybridized carbons (Fsp3) is 1.00. The zero-order valence-electron chi connectivity index (χ0n) is 5.04. The summed E-state index contributed by atoms with van der Waals surface area (Å²) in [6.45, 7) is 2.00. The van der Waals surface area contributed by atoms with Crippen LogP contribution in [0.4, 0.5) is 0 Å². The second kappa shape index (κ2) is 6.51. The number of rotatable bonds is 0. The molecule has 0 atom stereocenters. The Kier molecular flexibility index (Phi) is 6.80. The Morgan fingerprint density at radius 2 is 1.56 bits per heavy atom. The molecule has 0 unspecified atom stereocenters. The van der Waals surface area contributed by atoms with E-state index in [-0.39, 0.29) is 0 Å². The standard InChI is InChI=1S/C4H8O.2H2O.O.Ti/c1-2-4-5-3-1;;;;/h1-4H2;2*1H2;;/q;;;;+2/p-2. The molecule has 5 heteroatoms. The summed E-state index contributed by atoms with van der Waals surface area (Å²) < 4.78 is 28.2. The molecule has 1 rings (SSSR count). The second-order valence-corrected chi connectivity index (χ2v) is 2.48. The van der Waals surface area contributed by atoms with Crippen LogP contribution in [-0.4, -0.2) is 20.6 Å². The van der Waals surface area contributed by atoms with E-state index in [9.17, 15) is 0 Å². The first-order valence-corrected chi connectivity index (χ1v) is 4.76. The van der Waals surface area contributed by atoms with E-state index in [0.717, 1.165) is 13.2 Å². The molecule has 0 spiro atoms. The van der Waals surface area contributed by atoms with Crippen molar-refractivity contribution < 1.29 is 34.1 Å². The average Bonchev–Trinajstić information content (AvgIpc) is 2.11. The van der Waals surface area contributed by atoms with Crippen molar-refractivity contribution in [2.75, 3.05) is 13.2 Å². The number of hydrogen-bond acceptors (Lipinski definition) is 2. The van der Waals surface area contributed by atoms with Crippen LogP contribution >= 0.6 is 0 Å². The maximum atomic E-state index is 8.81. The molecule has 0 radical (unpaired) electrons. The van der Waals surface area contributed by atoms with Crippen LogP contribution in [0.2, 0.25) is 0 Å². The Hall–Kier alpha value is 0.394. The van der Waals surface area contributed by atoms with E-state index in [1.54, 1.807) is 0 Å². The van der Waals surface area contributed by atoms with E-state index in [1.807, 2.05) is 0 Å². The Morgan fingerprint density at radius 3 is 1.67 bits per heavy atom. The molecule has 9 heavy (non-hydrogen) atoms. The van der Waals surface area contributed by atoms with Gasteiger partial charge < -0.3 is 4.74 Å². The third-order valence-corrected chi connectivity index (χ3v) is 0.827. The second-order valence-electron chi connectivity index (χ2n) is 1.60. The topological polar surface area (TPSA) is 66.8 Å². The van der Waals surface area contributed by atoms with Crippen molar-refractivity contribution in [3.8, 4) is 0 Å². The molecule has 0 amide bonds. The Labute approximate surface area is 60.6 Å². The van der Waals surface area contributed by atoms with Crippen molar-refractivity contribution in [2.45, 2.75) is 12.8 Å². The van der Waals surface area contributed by atoms with E-state index < -0.39 is 18.6 Å². The molecule has 0 aromatic heterocycles. The summed E-state index contributed by atoms with van der Waals surface area (Å²) in [6.07, 6.45) is 2.56. The van der Waals surface area contributed by atoms with Crippen molar-refractivity contribution in [3.63, 3.8) is 0 Å². The van der Waals surface area contributed by atoms with Crippen LogP contribution in [0, 0.1) is 0 Å². The zero-order valence-corrected chi connectivity index (χ0v) is 6.60. The molecule has 1 heterocycles. The van der Waals surface area contributed by atoms with Crippen LogP contribution in [0.25, 0.3) is 0 Å². The minimum atomic E-state index is -3.58. The van der Waals surface area contributed by atoms with Crippen molar-refractivity contribution in [1.82, 2.24) is 0 Å². The van der Waals surface area contributed by atoms with Crippen LogP contribution in [0.1, 0.15) is 12.8 Å². The van der Waals surface area contributed by atoms with Crippen LogP contribution in [0.15, 0.2) is 0 Å². The van der Waals surface area contributed by atoms with Crippen LogP contribution in [-0.2, 0) is 26.7 Å². The van der Waals surface area contributed by atoms with Gasteiger partial charge in [-0.2, -0.15) is 0 Å². The molecule has 0 bridgehead atoms. The van der Waals surface area contributed by atoms with Gasteiger partial charge in [0.15, 0.2) is 0 Å². The van der Waals surface area contributed by atoms with Gasteiger partial charge in [0, 0.05) is 13.2 Å². The van der Waals surface area contributed by atoms with Crippen LogP contribution in [0.3, 0.4) is 0 Å². The van der Waals surface area contributed by atoms with Gasteiger partial charge in [-0.05, 0) is 12.8 Å². The normalized spacial score (nSPS) is 16.2. The Bertz CT molecular complexity index is 69.0. The third kappa shape index (κ3) is 11.8. The number of hydrogen-bond donors (Lipinski definition) is 2. The number of ether oxygens (including phenoxy) is 1. The molecule has 1 aliphatic rings. The summed E-state index contributed by atoms with van der Waals surface area (Å²) in [6, 6.07) is 0. The fourth-order valence-electron chi connectivity index (χ4n) is 0.510. The van der Waals surface area contributed by atoms with Crippen molar-refractivity contribution >= 4 is 0 Å². The molecule has 2 N–H and O–H groups in total. The van der Waals surface area contributed by atoms with Gasteiger partial charge in [-0.3, -0.25) is 0 Å². The molecule has 0 aromatic rings. The van der Waals surface area contributed by atoms with Crippen molar-refractivity contribution in [2.24, 2.45) is 0 Å². The summed E-state index contributed by atoms with van der Waals surface area (Å²) >= 11 is -3.58. The van der Waals surface area contributed by atoms with Gasteiger partial charge in [0.1, 0.15) is 0 Å². The predicted octanol–water partition coefficient (Wildman–Crippen LogP) is -0.439. The van der Waals surface area contributed by atoms with Gasteiger partial charge in [-0.25, -0.2) is 0 Å². The van der Waals surface area contributed by atoms with Gasteiger partial charge in [-0.15, -0.1) is 0 Å². The quantitative estimate of drug-likeness (QED) is 0.483. The summed E-state index contributed by atoms with van der Waals surface area (Å²) in [5.74, 6) is 0. The van der Waals surface area contributed by atoms with E-state index in [1.165, 1.54) is 12.8 Å². The molecule has 0 aromatic carbocycles.